The van der Waals surface area contributed by atoms with Crippen LogP contribution in [0.5, 0.6) is 0 Å². The number of hydrogen-bond acceptors (Lipinski definition) is 3. The van der Waals surface area contributed by atoms with E-state index in [0.29, 0.717) is 6.54 Å². The monoisotopic (exact) mass is 295 g/mol. The maximum atomic E-state index is 12.7. The van der Waals surface area contributed by atoms with E-state index in [4.69, 9.17) is 5.11 Å². The molecule has 1 rings (SSSR count). The van der Waals surface area contributed by atoms with E-state index in [0.717, 1.165) is 17.0 Å². The molecule has 6 nitrogen and oxygen atoms in total. The highest BCUT2D eigenvalue weighted by Crippen LogP contribution is 2.25. The second-order valence-electron chi connectivity index (χ2n) is 5.94. The summed E-state index contributed by atoms with van der Waals surface area (Å²) in [5.74, 6) is -1.32. The molecule has 1 unspecified atom stereocenters. The fourth-order valence-corrected chi connectivity index (χ4v) is 2.65. The van der Waals surface area contributed by atoms with Gasteiger partial charge in [-0.25, -0.2) is 0 Å². The summed E-state index contributed by atoms with van der Waals surface area (Å²) in [5.41, 5.74) is 2.64. The summed E-state index contributed by atoms with van der Waals surface area (Å²) in [6, 6.07) is 0. The number of carbonyl (C=O) groups excluding carboxylic acids is 1. The molecule has 1 aromatic rings. The summed E-state index contributed by atoms with van der Waals surface area (Å²) >= 11 is 0. The van der Waals surface area contributed by atoms with Crippen molar-refractivity contribution in [2.45, 2.75) is 40.5 Å². The van der Waals surface area contributed by atoms with Crippen molar-refractivity contribution in [1.29, 1.82) is 0 Å². The van der Waals surface area contributed by atoms with Gasteiger partial charge in [-0.15, -0.1) is 0 Å². The second-order valence-corrected chi connectivity index (χ2v) is 5.94. The Balaban J connectivity index is 3.04. The van der Waals surface area contributed by atoms with Crippen molar-refractivity contribution in [3.63, 3.8) is 0 Å². The summed E-state index contributed by atoms with van der Waals surface area (Å²) < 4.78 is 1.75. The largest absolute Gasteiger partial charge is 0.480 e. The lowest BCUT2D eigenvalue weighted by Gasteiger charge is -2.26. The Morgan fingerprint density at radius 3 is 2.24 bits per heavy atom. The Kier molecular flexibility index (Phi) is 5.52. The fraction of sp³-hybridized carbons (Fsp3) is 0.667. The third-order valence-electron chi connectivity index (χ3n) is 3.59. The highest BCUT2D eigenvalue weighted by atomic mass is 16.4. The van der Waals surface area contributed by atoms with E-state index in [1.807, 2.05) is 41.7 Å². The molecule has 0 aliphatic rings. The Morgan fingerprint density at radius 2 is 1.86 bits per heavy atom. The van der Waals surface area contributed by atoms with Gasteiger partial charge in [0.2, 0.25) is 5.91 Å². The molecule has 0 aromatic carbocycles. The maximum Gasteiger partial charge on any atom is 0.323 e. The molecule has 0 aliphatic carbocycles. The summed E-state index contributed by atoms with van der Waals surface area (Å²) in [7, 11) is 1.84. The van der Waals surface area contributed by atoms with Crippen LogP contribution >= 0.6 is 0 Å². The van der Waals surface area contributed by atoms with Gasteiger partial charge in [0.1, 0.15) is 6.54 Å². The van der Waals surface area contributed by atoms with Crippen LogP contribution < -0.4 is 0 Å². The van der Waals surface area contributed by atoms with Crippen molar-refractivity contribution in [2.75, 3.05) is 13.1 Å². The van der Waals surface area contributed by atoms with E-state index >= 15 is 0 Å². The second kappa shape index (κ2) is 6.74. The topological polar surface area (TPSA) is 75.4 Å². The molecule has 0 saturated carbocycles. The van der Waals surface area contributed by atoms with Gasteiger partial charge >= 0.3 is 5.97 Å². The third-order valence-corrected chi connectivity index (χ3v) is 3.59. The van der Waals surface area contributed by atoms with Crippen LogP contribution in [-0.2, 0) is 16.6 Å². The number of nitrogens with zero attached hydrogens (tertiary/aromatic N) is 3. The van der Waals surface area contributed by atoms with Gasteiger partial charge in [0.05, 0.1) is 11.6 Å². The molecule has 6 heteroatoms. The lowest BCUT2D eigenvalue weighted by Crippen LogP contribution is -2.40. The van der Waals surface area contributed by atoms with Crippen LogP contribution in [-0.4, -0.2) is 44.8 Å². The number of carboxylic acids is 1. The molecule has 1 aromatic heterocycles. The molecule has 1 N–H and O–H groups in total. The van der Waals surface area contributed by atoms with Crippen molar-refractivity contribution in [1.82, 2.24) is 14.7 Å². The molecule has 1 amide bonds. The summed E-state index contributed by atoms with van der Waals surface area (Å²) in [4.78, 5) is 25.1. The van der Waals surface area contributed by atoms with Crippen LogP contribution in [0.15, 0.2) is 0 Å². The van der Waals surface area contributed by atoms with E-state index in [2.05, 4.69) is 5.10 Å². The van der Waals surface area contributed by atoms with Crippen molar-refractivity contribution in [3.8, 4) is 0 Å². The number of amides is 1. The van der Waals surface area contributed by atoms with Gasteiger partial charge in [-0.05, 0) is 26.7 Å². The molecular weight excluding hydrogens is 270 g/mol. The highest BCUT2D eigenvalue weighted by molar-refractivity contribution is 5.86. The van der Waals surface area contributed by atoms with Gasteiger partial charge in [-0.1, -0.05) is 13.8 Å². The first-order chi connectivity index (χ1) is 9.65. The molecule has 0 aliphatic heterocycles. The van der Waals surface area contributed by atoms with Crippen molar-refractivity contribution < 1.29 is 14.7 Å². The molecule has 1 atom stereocenters. The first-order valence-electron chi connectivity index (χ1n) is 7.15. The number of aromatic nitrogens is 2. The maximum absolute atomic E-state index is 12.7. The number of aliphatic carboxylic acids is 1. The molecule has 0 spiro atoms. The van der Waals surface area contributed by atoms with E-state index in [1.165, 1.54) is 4.90 Å². The minimum Gasteiger partial charge on any atom is -0.480 e. The van der Waals surface area contributed by atoms with Gasteiger partial charge < -0.3 is 10.0 Å². The van der Waals surface area contributed by atoms with Crippen LogP contribution in [0.4, 0.5) is 0 Å². The quantitative estimate of drug-likeness (QED) is 0.867. The van der Waals surface area contributed by atoms with Crippen LogP contribution in [0.1, 0.15) is 43.6 Å². The van der Waals surface area contributed by atoms with Gasteiger partial charge in [-0.2, -0.15) is 5.10 Å². The zero-order chi connectivity index (χ0) is 16.3. The van der Waals surface area contributed by atoms with Gasteiger partial charge in [0.25, 0.3) is 0 Å². The molecule has 21 heavy (non-hydrogen) atoms. The number of carboxylic acid groups (broad SMARTS) is 1. The average molecular weight is 295 g/mol. The summed E-state index contributed by atoms with van der Waals surface area (Å²) in [6.07, 6.45) is 0. The lowest BCUT2D eigenvalue weighted by molar-refractivity contribution is -0.145. The molecular formula is C15H25N3O3. The Bertz CT molecular complexity index is 535. The summed E-state index contributed by atoms with van der Waals surface area (Å²) in [6.45, 7) is 9.71. The van der Waals surface area contributed by atoms with Gasteiger partial charge in [0, 0.05) is 24.8 Å². The molecule has 1 heterocycles. The first-order valence-corrected chi connectivity index (χ1v) is 7.15. The predicted octanol–water partition coefficient (Wildman–Crippen LogP) is 1.71. The SMILES string of the molecule is Cc1nn(C)c(C)c1C(C)C(=O)N(CC(=O)O)CC(C)C. The van der Waals surface area contributed by atoms with Crippen LogP contribution in [0.25, 0.3) is 0 Å². The highest BCUT2D eigenvalue weighted by Gasteiger charge is 2.28. The van der Waals surface area contributed by atoms with E-state index < -0.39 is 11.9 Å². The van der Waals surface area contributed by atoms with Crippen molar-refractivity contribution in [2.24, 2.45) is 13.0 Å². The van der Waals surface area contributed by atoms with Gasteiger partial charge in [0.15, 0.2) is 0 Å². The normalized spacial score (nSPS) is 12.5. The molecule has 0 radical (unpaired) electrons. The lowest BCUT2D eigenvalue weighted by atomic mass is 9.97. The van der Waals surface area contributed by atoms with E-state index in [1.54, 1.807) is 4.68 Å². The molecule has 0 bridgehead atoms. The van der Waals surface area contributed by atoms with Crippen LogP contribution in [0.3, 0.4) is 0 Å². The van der Waals surface area contributed by atoms with Crippen molar-refractivity contribution >= 4 is 11.9 Å². The number of hydrogen-bond donors (Lipinski definition) is 1. The molecule has 0 fully saturated rings. The fourth-order valence-electron chi connectivity index (χ4n) is 2.65. The molecule has 0 saturated heterocycles. The predicted molar refractivity (Wildman–Crippen MR) is 80.2 cm³/mol. The zero-order valence-corrected chi connectivity index (χ0v) is 13.7. The van der Waals surface area contributed by atoms with Crippen LogP contribution in [0.2, 0.25) is 0 Å². The van der Waals surface area contributed by atoms with Gasteiger partial charge in [-0.3, -0.25) is 14.3 Å². The Labute approximate surface area is 125 Å². The zero-order valence-electron chi connectivity index (χ0n) is 13.7. The standard InChI is InChI=1S/C15H25N3O3/c1-9(2)7-18(8-13(19)20)15(21)10(3)14-11(4)16-17(6)12(14)5/h9-10H,7-8H2,1-6H3,(H,19,20). The number of carbonyl (C=O) groups is 2. The number of aryl methyl sites for hydroxylation is 2. The Morgan fingerprint density at radius 1 is 1.29 bits per heavy atom. The molecule has 118 valence electrons. The van der Waals surface area contributed by atoms with Crippen molar-refractivity contribution in [3.05, 3.63) is 17.0 Å². The Hall–Kier alpha value is -1.85. The smallest absolute Gasteiger partial charge is 0.323 e. The summed E-state index contributed by atoms with van der Waals surface area (Å²) in [5, 5.41) is 13.3. The third kappa shape index (κ3) is 4.06. The van der Waals surface area contributed by atoms with E-state index in [-0.39, 0.29) is 18.4 Å². The van der Waals surface area contributed by atoms with E-state index in [9.17, 15) is 9.59 Å². The minimum atomic E-state index is -0.990. The first kappa shape index (κ1) is 17.2. The number of rotatable bonds is 6. The average Bonchev–Trinajstić information content (AvgIpc) is 2.59. The van der Waals surface area contributed by atoms with Crippen LogP contribution in [0, 0.1) is 19.8 Å². The minimum absolute atomic E-state index is 0.162.